The van der Waals surface area contributed by atoms with E-state index in [9.17, 15) is 4.79 Å². The molecule has 0 saturated heterocycles. The molecule has 0 unspecified atom stereocenters. The number of hydrogen-bond donors (Lipinski definition) is 1. The van der Waals surface area contributed by atoms with Crippen molar-refractivity contribution >= 4 is 40.7 Å². The number of carbonyl (C=O) groups excluding carboxylic acids is 1. The van der Waals surface area contributed by atoms with Crippen LogP contribution in [0.2, 0.25) is 15.1 Å². The van der Waals surface area contributed by atoms with Crippen LogP contribution < -0.4 is 10.5 Å². The van der Waals surface area contributed by atoms with Crippen LogP contribution in [0.4, 0.5) is 0 Å². The van der Waals surface area contributed by atoms with E-state index < -0.39 is 0 Å². The van der Waals surface area contributed by atoms with Gasteiger partial charge < -0.3 is 15.4 Å². The average Bonchev–Trinajstić information content (AvgIpc) is 3.81. The summed E-state index contributed by atoms with van der Waals surface area (Å²) in [5.41, 5.74) is 11.5. The summed E-state index contributed by atoms with van der Waals surface area (Å²) in [5.74, 6) is 0.314. The highest BCUT2D eigenvalue weighted by Crippen LogP contribution is 2.34. The fourth-order valence-corrected chi connectivity index (χ4v) is 6.02. The molecule has 2 N–H and O–H groups in total. The number of benzene rings is 3. The highest BCUT2D eigenvalue weighted by atomic mass is 35.5. The first kappa shape index (κ1) is 32.2. The van der Waals surface area contributed by atoms with Gasteiger partial charge in [-0.15, -0.1) is 0 Å². The van der Waals surface area contributed by atoms with Crippen LogP contribution in [-0.2, 0) is 30.6 Å². The average molecular weight is 627 g/mol. The summed E-state index contributed by atoms with van der Waals surface area (Å²) in [7, 11) is 0. The third-order valence-electron chi connectivity index (χ3n) is 7.61. The van der Waals surface area contributed by atoms with E-state index in [-0.39, 0.29) is 24.4 Å². The Bertz CT molecular complexity index is 1380. The number of aryl methyl sites for hydroxylation is 3. The summed E-state index contributed by atoms with van der Waals surface area (Å²) in [6, 6.07) is 20.5. The molecule has 5 nitrogen and oxygen atoms in total. The molecule has 42 heavy (non-hydrogen) atoms. The molecule has 1 atom stereocenters. The van der Waals surface area contributed by atoms with E-state index >= 15 is 0 Å². The molecule has 0 spiro atoms. The lowest BCUT2D eigenvalue weighted by atomic mass is 9.96. The molecule has 0 radical (unpaired) electrons. The lowest BCUT2D eigenvalue weighted by Gasteiger charge is -2.28. The van der Waals surface area contributed by atoms with Crippen molar-refractivity contribution in [2.24, 2.45) is 11.7 Å². The fourth-order valence-electron chi connectivity index (χ4n) is 5.14. The molecule has 0 aromatic heterocycles. The molecule has 1 amide bonds. The first-order valence-electron chi connectivity index (χ1n) is 14.6. The van der Waals surface area contributed by atoms with Gasteiger partial charge in [0.2, 0.25) is 5.91 Å². The Morgan fingerprint density at radius 3 is 2.26 bits per heavy atom. The lowest BCUT2D eigenvalue weighted by Crippen LogP contribution is -2.41. The molecule has 0 aliphatic heterocycles. The van der Waals surface area contributed by atoms with Gasteiger partial charge in [-0.25, -0.2) is 0 Å². The quantitative estimate of drug-likeness (QED) is 0.173. The van der Waals surface area contributed by atoms with Crippen LogP contribution >= 0.6 is 34.8 Å². The predicted octanol–water partition coefficient (Wildman–Crippen LogP) is 8.12. The Labute approximate surface area is 264 Å². The summed E-state index contributed by atoms with van der Waals surface area (Å²) in [6.07, 6.45) is 6.42. The van der Waals surface area contributed by atoms with Crippen molar-refractivity contribution in [3.8, 4) is 11.8 Å². The summed E-state index contributed by atoms with van der Waals surface area (Å²) in [6.45, 7) is 3.22. The van der Waals surface area contributed by atoms with Crippen LogP contribution in [-0.4, -0.2) is 30.0 Å². The number of nitrogens with two attached hydrogens (primary N) is 1. The van der Waals surface area contributed by atoms with Gasteiger partial charge in [-0.05, 0) is 97.9 Å². The van der Waals surface area contributed by atoms with Crippen molar-refractivity contribution in [2.45, 2.75) is 70.9 Å². The van der Waals surface area contributed by atoms with Crippen molar-refractivity contribution in [1.82, 2.24) is 4.90 Å². The van der Waals surface area contributed by atoms with Gasteiger partial charge in [-0.2, -0.15) is 5.26 Å². The highest BCUT2D eigenvalue weighted by molar-refractivity contribution is 6.37. The number of halogens is 3. The maximum Gasteiger partial charge on any atom is 0.227 e. The molecule has 4 rings (SSSR count). The van der Waals surface area contributed by atoms with Crippen molar-refractivity contribution in [3.05, 3.63) is 97.5 Å². The molecule has 1 saturated carbocycles. The maximum absolute atomic E-state index is 13.7. The van der Waals surface area contributed by atoms with Crippen molar-refractivity contribution in [3.63, 3.8) is 0 Å². The Morgan fingerprint density at radius 2 is 1.62 bits per heavy atom. The first-order valence-corrected chi connectivity index (χ1v) is 15.7. The normalized spacial score (nSPS) is 13.4. The number of hydrogen-bond acceptors (Lipinski definition) is 4. The summed E-state index contributed by atoms with van der Waals surface area (Å²) < 4.78 is 5.85. The summed E-state index contributed by atoms with van der Waals surface area (Å²) in [4.78, 5) is 15.7. The molecule has 3 aromatic rings. The minimum Gasteiger partial charge on any atom is -0.490 e. The minimum absolute atomic E-state index is 0.0839. The molecule has 222 valence electrons. The molecule has 8 heteroatoms. The van der Waals surface area contributed by atoms with E-state index in [0.717, 1.165) is 60.8 Å². The molecular weight excluding hydrogens is 589 g/mol. The summed E-state index contributed by atoms with van der Waals surface area (Å²) >= 11 is 19.1. The van der Waals surface area contributed by atoms with Crippen LogP contribution in [0.1, 0.15) is 59.9 Å². The number of carbonyl (C=O) groups is 1. The van der Waals surface area contributed by atoms with E-state index in [1.807, 2.05) is 36.1 Å². The number of rotatable bonds is 15. The van der Waals surface area contributed by atoms with Gasteiger partial charge in [0.15, 0.2) is 5.75 Å². The highest BCUT2D eigenvalue weighted by Gasteiger charge is 2.35. The molecule has 1 fully saturated rings. The van der Waals surface area contributed by atoms with Crippen molar-refractivity contribution in [1.29, 1.82) is 5.26 Å². The zero-order chi connectivity index (χ0) is 30.1. The number of nitrogens with zero attached hydrogens (tertiary/aromatic N) is 2. The number of amides is 1. The first-order chi connectivity index (χ1) is 20.3. The Morgan fingerprint density at radius 1 is 0.976 bits per heavy atom. The van der Waals surface area contributed by atoms with Gasteiger partial charge in [-0.3, -0.25) is 4.79 Å². The van der Waals surface area contributed by atoms with Gasteiger partial charge in [0, 0.05) is 30.6 Å². The second-order valence-corrected chi connectivity index (χ2v) is 12.3. The Kier molecular flexibility index (Phi) is 12.0. The molecule has 1 aliphatic carbocycles. The van der Waals surface area contributed by atoms with Gasteiger partial charge in [0.25, 0.3) is 0 Å². The predicted molar refractivity (Wildman–Crippen MR) is 171 cm³/mol. The third kappa shape index (κ3) is 9.12. The standard InChI is InChI=1S/C34H38Cl3N3O2/c1-23-17-31(36)33(32(37)18-23)42-16-4-6-24-7-9-26(10-8-24)19-27(21-39)34(41)40(29-12-13-29)22-28-20-25(5-2-3-15-38)11-14-30(28)35/h7-11,14,17-18,20,27,29H,2-6,12-13,16,19,21-22,39H2,1H3/t27-/m0/s1. The molecule has 3 aromatic carbocycles. The SMILES string of the molecule is Cc1cc(Cl)c(OCCCc2ccc(C[C@@H](CN)C(=O)N(Cc3cc(CCCC#N)ccc3Cl)C3CC3)cc2)c(Cl)c1. The minimum atomic E-state index is -0.300. The van der Waals surface area contributed by atoms with Gasteiger partial charge >= 0.3 is 0 Å². The molecular formula is C34H38Cl3N3O2. The number of unbranched alkanes of at least 4 members (excludes halogenated alkanes) is 1. The Hall–Kier alpha value is -2.75. The van der Waals surface area contributed by atoms with Gasteiger partial charge in [0.05, 0.1) is 28.6 Å². The zero-order valence-electron chi connectivity index (χ0n) is 24.1. The zero-order valence-corrected chi connectivity index (χ0v) is 26.3. The molecule has 1 aliphatic rings. The van der Waals surface area contributed by atoms with Crippen LogP contribution in [0, 0.1) is 24.2 Å². The second-order valence-electron chi connectivity index (χ2n) is 11.1. The number of ether oxygens (including phenoxy) is 1. The molecule has 0 heterocycles. The lowest BCUT2D eigenvalue weighted by molar-refractivity contribution is -0.136. The van der Waals surface area contributed by atoms with Crippen molar-refractivity contribution < 1.29 is 9.53 Å². The van der Waals surface area contributed by atoms with Gasteiger partial charge in [0.1, 0.15) is 0 Å². The van der Waals surface area contributed by atoms with Crippen LogP contribution in [0.5, 0.6) is 5.75 Å². The van der Waals surface area contributed by atoms with E-state index in [1.54, 1.807) is 0 Å². The van der Waals surface area contributed by atoms with Crippen LogP contribution in [0.15, 0.2) is 54.6 Å². The fraction of sp³-hybridized carbons (Fsp3) is 0.412. The molecule has 0 bridgehead atoms. The topological polar surface area (TPSA) is 79.3 Å². The van der Waals surface area contributed by atoms with E-state index in [0.29, 0.717) is 46.8 Å². The smallest absolute Gasteiger partial charge is 0.227 e. The van der Waals surface area contributed by atoms with E-state index in [4.69, 9.17) is 50.5 Å². The largest absolute Gasteiger partial charge is 0.490 e. The monoisotopic (exact) mass is 625 g/mol. The van der Waals surface area contributed by atoms with E-state index in [2.05, 4.69) is 36.4 Å². The van der Waals surface area contributed by atoms with E-state index in [1.165, 1.54) is 5.56 Å². The number of nitriles is 1. The van der Waals surface area contributed by atoms with Crippen LogP contribution in [0.3, 0.4) is 0 Å². The van der Waals surface area contributed by atoms with Crippen LogP contribution in [0.25, 0.3) is 0 Å². The van der Waals surface area contributed by atoms with Gasteiger partial charge in [-0.1, -0.05) is 71.2 Å². The second kappa shape index (κ2) is 15.6. The maximum atomic E-state index is 13.7. The third-order valence-corrected chi connectivity index (χ3v) is 8.54. The Balaban J connectivity index is 1.32. The summed E-state index contributed by atoms with van der Waals surface area (Å²) in [5, 5.41) is 10.6. The van der Waals surface area contributed by atoms with Crippen molar-refractivity contribution in [2.75, 3.05) is 13.2 Å².